The topological polar surface area (TPSA) is 64.9 Å². The normalized spacial score (nSPS) is 10.9. The summed E-state index contributed by atoms with van der Waals surface area (Å²) in [4.78, 5) is 8.41. The molecule has 102 valence electrons. The van der Waals surface area contributed by atoms with Gasteiger partial charge in [0.1, 0.15) is 17.5 Å². The summed E-state index contributed by atoms with van der Waals surface area (Å²) in [6.07, 6.45) is 3.20. The van der Waals surface area contributed by atoms with Crippen LogP contribution in [0.5, 0.6) is 11.6 Å². The Morgan fingerprint density at radius 3 is 2.95 bits per heavy atom. The van der Waals surface area contributed by atoms with Crippen molar-refractivity contribution in [2.24, 2.45) is 7.05 Å². The van der Waals surface area contributed by atoms with E-state index < -0.39 is 0 Å². The van der Waals surface area contributed by atoms with Gasteiger partial charge in [-0.1, -0.05) is 18.2 Å². The summed E-state index contributed by atoms with van der Waals surface area (Å²) in [5.74, 6) is 1.30. The molecule has 0 amide bonds. The highest BCUT2D eigenvalue weighted by molar-refractivity contribution is 5.79. The first-order valence-electron chi connectivity index (χ1n) is 6.32. The van der Waals surface area contributed by atoms with E-state index >= 15 is 0 Å². The van der Waals surface area contributed by atoms with Crippen LogP contribution in [0.4, 0.5) is 0 Å². The van der Waals surface area contributed by atoms with Gasteiger partial charge in [-0.05, 0) is 13.1 Å². The molecule has 3 rings (SSSR count). The molecule has 0 spiro atoms. The van der Waals surface area contributed by atoms with Crippen molar-refractivity contribution >= 4 is 11.0 Å². The minimum Gasteiger partial charge on any atom is -0.438 e. The van der Waals surface area contributed by atoms with Crippen LogP contribution in [0.1, 0.15) is 5.56 Å². The van der Waals surface area contributed by atoms with E-state index in [0.717, 1.165) is 28.9 Å². The van der Waals surface area contributed by atoms with Crippen LogP contribution in [-0.2, 0) is 13.6 Å². The van der Waals surface area contributed by atoms with Gasteiger partial charge in [-0.2, -0.15) is 5.10 Å². The van der Waals surface area contributed by atoms with Gasteiger partial charge < -0.3 is 10.1 Å². The lowest BCUT2D eigenvalue weighted by Crippen LogP contribution is -2.06. The molecule has 0 saturated heterocycles. The predicted octanol–water partition coefficient (Wildman–Crippen LogP) is 1.88. The van der Waals surface area contributed by atoms with Crippen molar-refractivity contribution < 1.29 is 4.74 Å². The van der Waals surface area contributed by atoms with E-state index in [2.05, 4.69) is 20.4 Å². The Kier molecular flexibility index (Phi) is 3.30. The van der Waals surface area contributed by atoms with Crippen LogP contribution in [0.15, 0.2) is 36.8 Å². The monoisotopic (exact) mass is 269 g/mol. The average Bonchev–Trinajstić information content (AvgIpc) is 2.84. The average molecular weight is 269 g/mol. The maximum absolute atomic E-state index is 5.94. The number of fused-ring (bicyclic) bond motifs is 1. The lowest BCUT2D eigenvalue weighted by molar-refractivity contribution is 0.460. The Labute approximate surface area is 116 Å². The first kappa shape index (κ1) is 12.6. The quantitative estimate of drug-likeness (QED) is 0.783. The highest BCUT2D eigenvalue weighted by Gasteiger charge is 2.11. The van der Waals surface area contributed by atoms with Crippen molar-refractivity contribution in [3.8, 4) is 11.6 Å². The molecule has 0 unspecified atom stereocenters. The Morgan fingerprint density at radius 1 is 1.25 bits per heavy atom. The lowest BCUT2D eigenvalue weighted by atomic mass is 10.2. The van der Waals surface area contributed by atoms with E-state index in [1.54, 1.807) is 10.9 Å². The summed E-state index contributed by atoms with van der Waals surface area (Å²) >= 11 is 0. The number of aromatic nitrogens is 4. The van der Waals surface area contributed by atoms with Gasteiger partial charge >= 0.3 is 0 Å². The van der Waals surface area contributed by atoms with Crippen LogP contribution >= 0.6 is 0 Å². The van der Waals surface area contributed by atoms with E-state index in [-0.39, 0.29) is 0 Å². The fourth-order valence-corrected chi connectivity index (χ4v) is 2.07. The maximum atomic E-state index is 5.94. The third kappa shape index (κ3) is 2.21. The highest BCUT2D eigenvalue weighted by atomic mass is 16.5. The number of benzene rings is 1. The van der Waals surface area contributed by atoms with Gasteiger partial charge in [-0.15, -0.1) is 0 Å². The van der Waals surface area contributed by atoms with Gasteiger partial charge in [0, 0.05) is 19.2 Å². The van der Waals surface area contributed by atoms with Crippen molar-refractivity contribution in [1.29, 1.82) is 0 Å². The largest absolute Gasteiger partial charge is 0.438 e. The van der Waals surface area contributed by atoms with E-state index in [4.69, 9.17) is 4.74 Å². The summed E-state index contributed by atoms with van der Waals surface area (Å²) in [5, 5.41) is 8.10. The summed E-state index contributed by atoms with van der Waals surface area (Å²) in [5.41, 5.74) is 1.83. The van der Waals surface area contributed by atoms with E-state index in [9.17, 15) is 0 Å². The minimum atomic E-state index is 0.520. The van der Waals surface area contributed by atoms with Crippen LogP contribution in [0.25, 0.3) is 11.0 Å². The molecule has 0 radical (unpaired) electrons. The van der Waals surface area contributed by atoms with Gasteiger partial charge in [-0.25, -0.2) is 9.97 Å². The van der Waals surface area contributed by atoms with Gasteiger partial charge in [0.05, 0.1) is 6.20 Å². The number of nitrogens with zero attached hydrogens (tertiary/aromatic N) is 4. The molecule has 2 heterocycles. The fourth-order valence-electron chi connectivity index (χ4n) is 2.07. The third-order valence-corrected chi connectivity index (χ3v) is 3.04. The zero-order valence-electron chi connectivity index (χ0n) is 11.4. The zero-order valence-corrected chi connectivity index (χ0v) is 11.4. The van der Waals surface area contributed by atoms with E-state index in [1.165, 1.54) is 6.33 Å². The Hall–Kier alpha value is -2.47. The van der Waals surface area contributed by atoms with Crippen molar-refractivity contribution in [2.45, 2.75) is 6.54 Å². The molecule has 2 aromatic heterocycles. The summed E-state index contributed by atoms with van der Waals surface area (Å²) in [7, 11) is 3.74. The molecule has 1 N–H and O–H groups in total. The molecule has 6 nitrogen and oxygen atoms in total. The summed E-state index contributed by atoms with van der Waals surface area (Å²) in [6.45, 7) is 0.734. The highest BCUT2D eigenvalue weighted by Crippen LogP contribution is 2.28. The molecule has 0 atom stereocenters. The number of rotatable bonds is 4. The molecule has 0 aliphatic heterocycles. The molecule has 20 heavy (non-hydrogen) atoms. The molecular formula is C14H15N5O. The zero-order chi connectivity index (χ0) is 13.9. The van der Waals surface area contributed by atoms with Crippen LogP contribution in [-0.4, -0.2) is 26.8 Å². The van der Waals surface area contributed by atoms with Gasteiger partial charge in [0.2, 0.25) is 5.88 Å². The van der Waals surface area contributed by atoms with Gasteiger partial charge in [0.25, 0.3) is 0 Å². The second-order valence-corrected chi connectivity index (χ2v) is 4.42. The van der Waals surface area contributed by atoms with E-state index in [1.807, 2.05) is 38.4 Å². The number of nitrogens with one attached hydrogen (secondary N) is 1. The molecule has 0 aliphatic carbocycles. The molecule has 3 aromatic rings. The van der Waals surface area contributed by atoms with Crippen LogP contribution in [0, 0.1) is 0 Å². The third-order valence-electron chi connectivity index (χ3n) is 3.04. The Balaban J connectivity index is 2.01. The standard InChI is InChI=1S/C14H15N5O/c1-15-7-10-5-3-4-6-12(10)20-14-11-8-18-19(2)13(11)16-9-17-14/h3-6,8-9,15H,7H2,1-2H3. The number of aryl methyl sites for hydroxylation is 1. The molecular weight excluding hydrogens is 254 g/mol. The number of ether oxygens (including phenoxy) is 1. The van der Waals surface area contributed by atoms with Crippen molar-refractivity contribution in [1.82, 2.24) is 25.1 Å². The first-order chi connectivity index (χ1) is 9.79. The van der Waals surface area contributed by atoms with Crippen molar-refractivity contribution in [2.75, 3.05) is 7.05 Å². The molecule has 0 saturated carbocycles. The molecule has 6 heteroatoms. The predicted molar refractivity (Wildman–Crippen MR) is 75.6 cm³/mol. The lowest BCUT2D eigenvalue weighted by Gasteiger charge is -2.10. The molecule has 1 aromatic carbocycles. The number of hydrogen-bond acceptors (Lipinski definition) is 5. The molecule has 0 fully saturated rings. The number of hydrogen-bond donors (Lipinski definition) is 1. The fraction of sp³-hybridized carbons (Fsp3) is 0.214. The van der Waals surface area contributed by atoms with Gasteiger partial charge in [0.15, 0.2) is 5.65 Å². The first-order valence-corrected chi connectivity index (χ1v) is 6.32. The second-order valence-electron chi connectivity index (χ2n) is 4.42. The van der Waals surface area contributed by atoms with Crippen molar-refractivity contribution in [3.63, 3.8) is 0 Å². The van der Waals surface area contributed by atoms with Gasteiger partial charge in [-0.3, -0.25) is 4.68 Å². The van der Waals surface area contributed by atoms with Crippen molar-refractivity contribution in [3.05, 3.63) is 42.4 Å². The number of para-hydroxylation sites is 1. The summed E-state index contributed by atoms with van der Waals surface area (Å²) < 4.78 is 7.64. The van der Waals surface area contributed by atoms with Crippen LogP contribution in [0.2, 0.25) is 0 Å². The smallest absolute Gasteiger partial charge is 0.233 e. The SMILES string of the molecule is CNCc1ccccc1Oc1ncnc2c1cnn2C. The summed E-state index contributed by atoms with van der Waals surface area (Å²) in [6, 6.07) is 7.87. The van der Waals surface area contributed by atoms with Crippen LogP contribution in [0.3, 0.4) is 0 Å². The second kappa shape index (κ2) is 5.26. The van der Waals surface area contributed by atoms with E-state index in [0.29, 0.717) is 5.88 Å². The van der Waals surface area contributed by atoms with Crippen LogP contribution < -0.4 is 10.1 Å². The maximum Gasteiger partial charge on any atom is 0.233 e. The Bertz CT molecular complexity index is 737. The minimum absolute atomic E-state index is 0.520. The molecule has 0 aliphatic rings. The molecule has 0 bridgehead atoms. The Morgan fingerprint density at radius 2 is 2.10 bits per heavy atom.